The topological polar surface area (TPSA) is 46.6 Å². The first-order valence-corrected chi connectivity index (χ1v) is 5.72. The second-order valence-corrected chi connectivity index (χ2v) is 5.44. The molecule has 0 radical (unpaired) electrons. The van der Waals surface area contributed by atoms with Crippen molar-refractivity contribution in [2.75, 3.05) is 7.05 Å². The average Bonchev–Trinajstić information content (AvgIpc) is 2.94. The lowest BCUT2D eigenvalue weighted by Gasteiger charge is -2.28. The molecule has 0 heterocycles. The van der Waals surface area contributed by atoms with Crippen LogP contribution in [0.15, 0.2) is 0 Å². The van der Waals surface area contributed by atoms with Crippen LogP contribution in [-0.4, -0.2) is 35.5 Å². The predicted molar refractivity (Wildman–Crippen MR) is 61.2 cm³/mol. The number of ketones is 1. The molecule has 0 N–H and O–H groups in total. The van der Waals surface area contributed by atoms with E-state index in [4.69, 9.17) is 4.74 Å². The van der Waals surface area contributed by atoms with E-state index in [9.17, 15) is 9.59 Å². The Labute approximate surface area is 96.9 Å². The first kappa shape index (κ1) is 13.0. The largest absolute Gasteiger partial charge is 0.444 e. The molecule has 1 amide bonds. The fourth-order valence-corrected chi connectivity index (χ4v) is 1.39. The van der Waals surface area contributed by atoms with Crippen LogP contribution in [0.3, 0.4) is 0 Å². The van der Waals surface area contributed by atoms with Gasteiger partial charge in [-0.3, -0.25) is 4.79 Å². The summed E-state index contributed by atoms with van der Waals surface area (Å²) in [6.45, 7) is 7.19. The van der Waals surface area contributed by atoms with Gasteiger partial charge in [-0.1, -0.05) is 0 Å². The minimum Gasteiger partial charge on any atom is -0.444 e. The third kappa shape index (κ3) is 3.51. The Balaban J connectivity index is 2.52. The van der Waals surface area contributed by atoms with Gasteiger partial charge in [0, 0.05) is 13.0 Å². The molecule has 0 aliphatic heterocycles. The van der Waals surface area contributed by atoms with Gasteiger partial charge in [0.25, 0.3) is 0 Å². The summed E-state index contributed by atoms with van der Waals surface area (Å²) in [5.41, 5.74) is -0.520. The summed E-state index contributed by atoms with van der Waals surface area (Å²) in [6.07, 6.45) is 1.49. The van der Waals surface area contributed by atoms with E-state index >= 15 is 0 Å². The number of rotatable bonds is 3. The molecule has 4 nitrogen and oxygen atoms in total. The van der Waals surface area contributed by atoms with Crippen LogP contribution in [0.5, 0.6) is 0 Å². The van der Waals surface area contributed by atoms with Crippen LogP contribution in [0, 0.1) is 5.92 Å². The zero-order valence-corrected chi connectivity index (χ0v) is 10.7. The van der Waals surface area contributed by atoms with Crippen LogP contribution < -0.4 is 0 Å². The Bertz CT molecular complexity index is 289. The molecule has 1 fully saturated rings. The third-order valence-corrected chi connectivity index (χ3v) is 2.65. The maximum Gasteiger partial charge on any atom is 0.410 e. The van der Waals surface area contributed by atoms with Crippen molar-refractivity contribution in [1.82, 2.24) is 4.90 Å². The van der Waals surface area contributed by atoms with E-state index < -0.39 is 11.7 Å². The van der Waals surface area contributed by atoms with Crippen LogP contribution in [-0.2, 0) is 9.53 Å². The zero-order chi connectivity index (χ0) is 12.5. The number of hydrogen-bond acceptors (Lipinski definition) is 3. The molecule has 0 aromatic carbocycles. The Kier molecular flexibility index (Phi) is 3.61. The minimum atomic E-state index is -0.520. The smallest absolute Gasteiger partial charge is 0.410 e. The highest BCUT2D eigenvalue weighted by Gasteiger charge is 2.36. The summed E-state index contributed by atoms with van der Waals surface area (Å²) in [6, 6.07) is -0.387. The SMILES string of the molecule is CC(C(=O)C1CC1)N(C)C(=O)OC(C)(C)C. The minimum absolute atomic E-state index is 0.147. The molecule has 0 aromatic heterocycles. The zero-order valence-electron chi connectivity index (χ0n) is 10.7. The van der Waals surface area contributed by atoms with Crippen molar-refractivity contribution < 1.29 is 14.3 Å². The highest BCUT2D eigenvalue weighted by atomic mass is 16.6. The lowest BCUT2D eigenvalue weighted by molar-refractivity contribution is -0.124. The van der Waals surface area contributed by atoms with E-state index in [2.05, 4.69) is 0 Å². The van der Waals surface area contributed by atoms with E-state index in [1.807, 2.05) is 20.8 Å². The van der Waals surface area contributed by atoms with E-state index in [1.54, 1.807) is 14.0 Å². The summed E-state index contributed by atoms with van der Waals surface area (Å²) < 4.78 is 5.21. The van der Waals surface area contributed by atoms with Crippen molar-refractivity contribution in [3.05, 3.63) is 0 Å². The molecular weight excluding hydrogens is 206 g/mol. The molecule has 1 rings (SSSR count). The highest BCUT2D eigenvalue weighted by molar-refractivity contribution is 5.90. The molecule has 0 bridgehead atoms. The van der Waals surface area contributed by atoms with Gasteiger partial charge in [-0.2, -0.15) is 0 Å². The van der Waals surface area contributed by atoms with E-state index in [-0.39, 0.29) is 17.7 Å². The number of carbonyl (C=O) groups excluding carboxylic acids is 2. The van der Waals surface area contributed by atoms with Gasteiger partial charge < -0.3 is 9.64 Å². The van der Waals surface area contributed by atoms with Crippen LogP contribution in [0.25, 0.3) is 0 Å². The quantitative estimate of drug-likeness (QED) is 0.742. The van der Waals surface area contributed by atoms with E-state index in [0.717, 1.165) is 12.8 Å². The first-order valence-electron chi connectivity index (χ1n) is 5.72. The number of Topliss-reactive ketones (excluding diaryl/α,β-unsaturated/α-hetero) is 1. The molecule has 1 aliphatic rings. The molecule has 1 unspecified atom stereocenters. The summed E-state index contributed by atoms with van der Waals surface area (Å²) in [5.74, 6) is 0.313. The Morgan fingerprint density at radius 2 is 1.81 bits per heavy atom. The second-order valence-electron chi connectivity index (χ2n) is 5.44. The van der Waals surface area contributed by atoms with Gasteiger partial charge in [-0.05, 0) is 40.5 Å². The monoisotopic (exact) mass is 227 g/mol. The van der Waals surface area contributed by atoms with Crippen molar-refractivity contribution in [3.8, 4) is 0 Å². The molecule has 4 heteroatoms. The summed E-state index contributed by atoms with van der Waals surface area (Å²) in [4.78, 5) is 24.8. The molecule has 1 saturated carbocycles. The molecule has 16 heavy (non-hydrogen) atoms. The van der Waals surface area contributed by atoms with Crippen LogP contribution in [0.1, 0.15) is 40.5 Å². The number of carbonyl (C=O) groups is 2. The molecule has 0 spiro atoms. The van der Waals surface area contributed by atoms with Gasteiger partial charge in [0.05, 0.1) is 6.04 Å². The predicted octanol–water partition coefficient (Wildman–Crippen LogP) is 2.22. The maximum absolute atomic E-state index is 11.8. The van der Waals surface area contributed by atoms with Crippen molar-refractivity contribution in [1.29, 1.82) is 0 Å². The summed E-state index contributed by atoms with van der Waals surface area (Å²) in [7, 11) is 1.61. The van der Waals surface area contributed by atoms with Crippen molar-refractivity contribution in [2.45, 2.75) is 52.2 Å². The molecule has 0 saturated heterocycles. The Morgan fingerprint density at radius 3 is 2.19 bits per heavy atom. The van der Waals surface area contributed by atoms with Crippen LogP contribution >= 0.6 is 0 Å². The first-order chi connectivity index (χ1) is 7.22. The standard InChI is InChI=1S/C12H21NO3/c1-8(10(14)9-6-7-9)13(5)11(15)16-12(2,3)4/h8-9H,6-7H2,1-5H3. The number of hydrogen-bond donors (Lipinski definition) is 0. The normalized spacial score (nSPS) is 17.8. The maximum atomic E-state index is 11.8. The Hall–Kier alpha value is -1.06. The van der Waals surface area contributed by atoms with Gasteiger partial charge in [0.1, 0.15) is 5.60 Å². The third-order valence-electron chi connectivity index (χ3n) is 2.65. The van der Waals surface area contributed by atoms with Gasteiger partial charge in [-0.15, -0.1) is 0 Å². The molecule has 0 aromatic rings. The lowest BCUT2D eigenvalue weighted by Crippen LogP contribution is -2.43. The number of nitrogens with zero attached hydrogens (tertiary/aromatic N) is 1. The number of likely N-dealkylation sites (N-methyl/N-ethyl adjacent to an activating group) is 1. The van der Waals surface area contributed by atoms with Crippen molar-refractivity contribution >= 4 is 11.9 Å². The molecule has 1 aliphatic carbocycles. The lowest BCUT2D eigenvalue weighted by atomic mass is 10.1. The Morgan fingerprint density at radius 1 is 1.31 bits per heavy atom. The molecule has 92 valence electrons. The van der Waals surface area contributed by atoms with E-state index in [0.29, 0.717) is 0 Å². The van der Waals surface area contributed by atoms with Crippen LogP contribution in [0.2, 0.25) is 0 Å². The second kappa shape index (κ2) is 4.44. The number of amides is 1. The van der Waals surface area contributed by atoms with Gasteiger partial charge in [0.2, 0.25) is 0 Å². The highest BCUT2D eigenvalue weighted by Crippen LogP contribution is 2.31. The van der Waals surface area contributed by atoms with Crippen molar-refractivity contribution in [2.24, 2.45) is 5.92 Å². The summed E-state index contributed by atoms with van der Waals surface area (Å²) >= 11 is 0. The fourth-order valence-electron chi connectivity index (χ4n) is 1.39. The fraction of sp³-hybridized carbons (Fsp3) is 0.833. The van der Waals surface area contributed by atoms with Crippen molar-refractivity contribution in [3.63, 3.8) is 0 Å². The average molecular weight is 227 g/mol. The van der Waals surface area contributed by atoms with Gasteiger partial charge in [0.15, 0.2) is 5.78 Å². The van der Waals surface area contributed by atoms with E-state index in [1.165, 1.54) is 4.90 Å². The van der Waals surface area contributed by atoms with Crippen LogP contribution in [0.4, 0.5) is 4.79 Å². The molecular formula is C12H21NO3. The summed E-state index contributed by atoms with van der Waals surface area (Å²) in [5, 5.41) is 0. The van der Waals surface area contributed by atoms with Gasteiger partial charge >= 0.3 is 6.09 Å². The molecule has 1 atom stereocenters. The number of ether oxygens (including phenoxy) is 1. The van der Waals surface area contributed by atoms with Gasteiger partial charge in [-0.25, -0.2) is 4.79 Å².